The fraction of sp³-hybridized carbons (Fsp3) is 0.571. The lowest BCUT2D eigenvalue weighted by atomic mass is 9.95. The predicted molar refractivity (Wildman–Crippen MR) is 79.9 cm³/mol. The normalized spacial score (nSPS) is 21.3. The van der Waals surface area contributed by atoms with Crippen LogP contribution in [-0.4, -0.2) is 36.7 Å². The Bertz CT molecular complexity index is 431. The minimum absolute atomic E-state index is 0.0140. The summed E-state index contributed by atoms with van der Waals surface area (Å²) in [6.45, 7) is 7.01. The Kier molecular flexibility index (Phi) is 4.75. The molecule has 0 amide bonds. The highest BCUT2D eigenvalue weighted by Gasteiger charge is 2.37. The van der Waals surface area contributed by atoms with E-state index in [1.807, 2.05) is 18.2 Å². The van der Waals surface area contributed by atoms with Gasteiger partial charge in [-0.3, -0.25) is 4.90 Å². The Morgan fingerprint density at radius 2 is 2.00 bits per heavy atom. The molecule has 1 saturated heterocycles. The van der Waals surface area contributed by atoms with Gasteiger partial charge in [0.2, 0.25) is 0 Å². The van der Waals surface area contributed by atoms with Crippen LogP contribution in [0.25, 0.3) is 0 Å². The zero-order valence-corrected chi connectivity index (χ0v) is 12.8. The van der Waals surface area contributed by atoms with Crippen molar-refractivity contribution < 1.29 is 4.74 Å². The van der Waals surface area contributed by atoms with E-state index in [0.29, 0.717) is 29.8 Å². The lowest BCUT2D eigenvalue weighted by Gasteiger charge is -2.46. The number of hydrogen-bond acceptors (Lipinski definition) is 3. The average molecular weight is 303 g/mol. The van der Waals surface area contributed by atoms with Crippen molar-refractivity contribution in [1.82, 2.24) is 4.90 Å². The molecule has 3 nitrogen and oxygen atoms in total. The monoisotopic (exact) mass is 302 g/mol. The number of ether oxygens (including phenoxy) is 1. The molecule has 2 N–H and O–H groups in total. The summed E-state index contributed by atoms with van der Waals surface area (Å²) < 4.78 is 5.56. The Morgan fingerprint density at radius 1 is 1.37 bits per heavy atom. The minimum atomic E-state index is -0.0786. The van der Waals surface area contributed by atoms with Gasteiger partial charge in [0, 0.05) is 34.2 Å². The van der Waals surface area contributed by atoms with Gasteiger partial charge in [-0.1, -0.05) is 29.3 Å². The highest BCUT2D eigenvalue weighted by atomic mass is 35.5. The SMILES string of the molecule is CC1(C)COCCN1C(CN)c1c(Cl)cccc1Cl. The van der Waals surface area contributed by atoms with Crippen molar-refractivity contribution in [2.75, 3.05) is 26.3 Å². The molecule has 0 aliphatic carbocycles. The molecule has 1 aromatic carbocycles. The fourth-order valence-corrected chi connectivity index (χ4v) is 3.33. The molecule has 0 aromatic heterocycles. The summed E-state index contributed by atoms with van der Waals surface area (Å²) in [5, 5.41) is 1.34. The van der Waals surface area contributed by atoms with Crippen LogP contribution in [0.3, 0.4) is 0 Å². The number of hydrogen-bond donors (Lipinski definition) is 1. The van der Waals surface area contributed by atoms with Gasteiger partial charge in [0.25, 0.3) is 0 Å². The maximum Gasteiger partial charge on any atom is 0.0645 e. The van der Waals surface area contributed by atoms with E-state index in [0.717, 1.165) is 12.1 Å². The van der Waals surface area contributed by atoms with Crippen LogP contribution in [0.5, 0.6) is 0 Å². The lowest BCUT2D eigenvalue weighted by Crippen LogP contribution is -2.55. The number of rotatable bonds is 3. The molecule has 0 saturated carbocycles. The molecule has 106 valence electrons. The van der Waals surface area contributed by atoms with Crippen molar-refractivity contribution >= 4 is 23.2 Å². The third kappa shape index (κ3) is 3.06. The molecule has 1 aliphatic rings. The van der Waals surface area contributed by atoms with Crippen LogP contribution in [-0.2, 0) is 4.74 Å². The maximum atomic E-state index is 6.32. The highest BCUT2D eigenvalue weighted by Crippen LogP contribution is 2.37. The van der Waals surface area contributed by atoms with E-state index in [1.165, 1.54) is 0 Å². The summed E-state index contributed by atoms with van der Waals surface area (Å²) in [5.41, 5.74) is 6.84. The Labute approximate surface area is 124 Å². The molecule has 1 aliphatic heterocycles. The molecule has 0 bridgehead atoms. The Hall–Kier alpha value is -0.320. The van der Waals surface area contributed by atoms with Gasteiger partial charge in [0.15, 0.2) is 0 Å². The van der Waals surface area contributed by atoms with E-state index in [9.17, 15) is 0 Å². The first-order valence-corrected chi connectivity index (χ1v) is 7.21. The molecule has 5 heteroatoms. The zero-order valence-electron chi connectivity index (χ0n) is 11.3. The molecular weight excluding hydrogens is 283 g/mol. The van der Waals surface area contributed by atoms with E-state index in [2.05, 4.69) is 18.7 Å². The second-order valence-corrected chi connectivity index (χ2v) is 6.26. The summed E-state index contributed by atoms with van der Waals surface area (Å²) in [7, 11) is 0. The molecule has 1 fully saturated rings. The van der Waals surface area contributed by atoms with Crippen LogP contribution < -0.4 is 5.73 Å². The van der Waals surface area contributed by atoms with Crippen molar-refractivity contribution in [2.45, 2.75) is 25.4 Å². The van der Waals surface area contributed by atoms with Gasteiger partial charge >= 0.3 is 0 Å². The molecule has 1 unspecified atom stereocenters. The van der Waals surface area contributed by atoms with Gasteiger partial charge in [-0.15, -0.1) is 0 Å². The van der Waals surface area contributed by atoms with Gasteiger partial charge in [-0.2, -0.15) is 0 Å². The number of nitrogens with zero attached hydrogens (tertiary/aromatic N) is 1. The number of nitrogens with two attached hydrogens (primary N) is 1. The van der Waals surface area contributed by atoms with E-state index in [-0.39, 0.29) is 11.6 Å². The van der Waals surface area contributed by atoms with Crippen LogP contribution in [0.15, 0.2) is 18.2 Å². The molecule has 19 heavy (non-hydrogen) atoms. The van der Waals surface area contributed by atoms with Crippen LogP contribution >= 0.6 is 23.2 Å². The number of benzene rings is 1. The van der Waals surface area contributed by atoms with E-state index in [4.69, 9.17) is 33.7 Å². The quantitative estimate of drug-likeness (QED) is 0.932. The molecule has 1 aromatic rings. The highest BCUT2D eigenvalue weighted by molar-refractivity contribution is 6.36. The number of halogens is 2. The van der Waals surface area contributed by atoms with Crippen LogP contribution in [0, 0.1) is 0 Å². The third-order valence-electron chi connectivity index (χ3n) is 3.64. The fourth-order valence-electron chi connectivity index (χ4n) is 2.68. The average Bonchev–Trinajstić information content (AvgIpc) is 2.34. The summed E-state index contributed by atoms with van der Waals surface area (Å²) in [5.74, 6) is 0. The van der Waals surface area contributed by atoms with Gasteiger partial charge in [0.1, 0.15) is 0 Å². The first-order valence-electron chi connectivity index (χ1n) is 6.46. The van der Waals surface area contributed by atoms with Gasteiger partial charge in [0.05, 0.1) is 19.3 Å². The lowest BCUT2D eigenvalue weighted by molar-refractivity contribution is -0.0712. The van der Waals surface area contributed by atoms with E-state index >= 15 is 0 Å². The van der Waals surface area contributed by atoms with Gasteiger partial charge in [-0.05, 0) is 26.0 Å². The Balaban J connectivity index is 2.39. The first-order chi connectivity index (χ1) is 8.97. The second-order valence-electron chi connectivity index (χ2n) is 5.45. The van der Waals surface area contributed by atoms with Crippen molar-refractivity contribution in [3.63, 3.8) is 0 Å². The van der Waals surface area contributed by atoms with Crippen molar-refractivity contribution in [1.29, 1.82) is 0 Å². The van der Waals surface area contributed by atoms with Crippen LogP contribution in [0.2, 0.25) is 10.0 Å². The first kappa shape index (κ1) is 15.1. The summed E-state index contributed by atoms with van der Waals surface area (Å²) in [6.07, 6.45) is 0. The van der Waals surface area contributed by atoms with Gasteiger partial charge in [-0.25, -0.2) is 0 Å². The molecule has 0 radical (unpaired) electrons. The zero-order chi connectivity index (χ0) is 14.0. The maximum absolute atomic E-state index is 6.32. The summed E-state index contributed by atoms with van der Waals surface area (Å²) >= 11 is 12.6. The third-order valence-corrected chi connectivity index (χ3v) is 4.30. The predicted octanol–water partition coefficient (Wildman–Crippen LogP) is 3.10. The molecule has 2 rings (SSSR count). The summed E-state index contributed by atoms with van der Waals surface area (Å²) in [6, 6.07) is 5.59. The number of morpholine rings is 1. The smallest absolute Gasteiger partial charge is 0.0645 e. The van der Waals surface area contributed by atoms with Crippen LogP contribution in [0.4, 0.5) is 0 Å². The molecular formula is C14H20Cl2N2O. The van der Waals surface area contributed by atoms with Gasteiger partial charge < -0.3 is 10.5 Å². The molecule has 1 heterocycles. The van der Waals surface area contributed by atoms with E-state index < -0.39 is 0 Å². The summed E-state index contributed by atoms with van der Waals surface area (Å²) in [4.78, 5) is 2.34. The van der Waals surface area contributed by atoms with Crippen molar-refractivity contribution in [3.05, 3.63) is 33.8 Å². The largest absolute Gasteiger partial charge is 0.378 e. The molecule has 1 atom stereocenters. The standard InChI is InChI=1S/C14H20Cl2N2O/c1-14(2)9-19-7-6-18(14)12(8-17)13-10(15)4-3-5-11(13)16/h3-5,12H,6-9,17H2,1-2H3. The van der Waals surface area contributed by atoms with Crippen molar-refractivity contribution in [3.8, 4) is 0 Å². The van der Waals surface area contributed by atoms with Crippen LogP contribution in [0.1, 0.15) is 25.5 Å². The van der Waals surface area contributed by atoms with Crippen molar-refractivity contribution in [2.24, 2.45) is 5.73 Å². The second kappa shape index (κ2) is 5.98. The topological polar surface area (TPSA) is 38.5 Å². The molecule has 0 spiro atoms. The minimum Gasteiger partial charge on any atom is -0.378 e. The van der Waals surface area contributed by atoms with E-state index in [1.54, 1.807) is 0 Å². The Morgan fingerprint density at radius 3 is 2.53 bits per heavy atom.